The van der Waals surface area contributed by atoms with Crippen molar-refractivity contribution in [3.05, 3.63) is 65.5 Å². The van der Waals surface area contributed by atoms with Gasteiger partial charge in [-0.3, -0.25) is 0 Å². The Bertz CT molecular complexity index is 542. The van der Waals surface area contributed by atoms with Crippen molar-refractivity contribution in [2.24, 2.45) is 0 Å². The van der Waals surface area contributed by atoms with Crippen molar-refractivity contribution in [1.82, 2.24) is 5.32 Å². The molecule has 0 heterocycles. The molecule has 0 aliphatic heterocycles. The normalized spacial score (nSPS) is 12.2. The predicted molar refractivity (Wildman–Crippen MR) is 74.9 cm³/mol. The molecule has 100 valence electrons. The van der Waals surface area contributed by atoms with Crippen molar-refractivity contribution in [3.63, 3.8) is 0 Å². The van der Waals surface area contributed by atoms with E-state index in [4.69, 9.17) is 4.74 Å². The fourth-order valence-corrected chi connectivity index (χ4v) is 2.14. The molecule has 19 heavy (non-hydrogen) atoms. The van der Waals surface area contributed by atoms with Gasteiger partial charge < -0.3 is 10.1 Å². The van der Waals surface area contributed by atoms with Gasteiger partial charge in [-0.25, -0.2) is 4.39 Å². The monoisotopic (exact) mass is 259 g/mol. The molecule has 1 N–H and O–H groups in total. The zero-order valence-electron chi connectivity index (χ0n) is 11.2. The van der Waals surface area contributed by atoms with E-state index in [1.807, 2.05) is 37.3 Å². The van der Waals surface area contributed by atoms with Crippen molar-refractivity contribution in [2.75, 3.05) is 13.7 Å². The van der Waals surface area contributed by atoms with Crippen LogP contribution < -0.4 is 10.1 Å². The lowest BCUT2D eigenvalue weighted by Crippen LogP contribution is -2.22. The maximum Gasteiger partial charge on any atom is 0.123 e. The summed E-state index contributed by atoms with van der Waals surface area (Å²) in [4.78, 5) is 0. The van der Waals surface area contributed by atoms with Crippen LogP contribution >= 0.6 is 0 Å². The minimum atomic E-state index is -0.219. The van der Waals surface area contributed by atoms with E-state index < -0.39 is 0 Å². The van der Waals surface area contributed by atoms with E-state index in [2.05, 4.69) is 5.32 Å². The molecule has 0 saturated carbocycles. The molecule has 0 radical (unpaired) electrons. The van der Waals surface area contributed by atoms with Crippen LogP contribution in [0.1, 0.15) is 24.1 Å². The first-order valence-electron chi connectivity index (χ1n) is 6.37. The molecule has 2 aromatic carbocycles. The van der Waals surface area contributed by atoms with E-state index >= 15 is 0 Å². The van der Waals surface area contributed by atoms with E-state index in [0.29, 0.717) is 0 Å². The van der Waals surface area contributed by atoms with Crippen molar-refractivity contribution in [3.8, 4) is 5.75 Å². The first-order chi connectivity index (χ1) is 9.24. The minimum Gasteiger partial charge on any atom is -0.497 e. The second kappa shape index (κ2) is 6.34. The van der Waals surface area contributed by atoms with E-state index in [-0.39, 0.29) is 11.9 Å². The molecule has 0 bridgehead atoms. The van der Waals surface area contributed by atoms with Gasteiger partial charge in [-0.15, -0.1) is 0 Å². The van der Waals surface area contributed by atoms with Crippen LogP contribution in [0.5, 0.6) is 5.75 Å². The SMILES string of the molecule is CCNC(c1cccc(F)c1)c1cccc(OC)c1. The van der Waals surface area contributed by atoms with Gasteiger partial charge in [0.2, 0.25) is 0 Å². The second-order valence-corrected chi connectivity index (χ2v) is 4.32. The lowest BCUT2D eigenvalue weighted by atomic mass is 9.98. The Kier molecular flexibility index (Phi) is 4.53. The van der Waals surface area contributed by atoms with Gasteiger partial charge in [-0.1, -0.05) is 31.2 Å². The summed E-state index contributed by atoms with van der Waals surface area (Å²) in [5, 5.41) is 3.37. The van der Waals surface area contributed by atoms with Crippen molar-refractivity contribution in [2.45, 2.75) is 13.0 Å². The van der Waals surface area contributed by atoms with Crippen LogP contribution in [0.3, 0.4) is 0 Å². The molecular formula is C16H18FNO. The lowest BCUT2D eigenvalue weighted by Gasteiger charge is -2.19. The number of benzene rings is 2. The molecule has 0 aliphatic rings. The van der Waals surface area contributed by atoms with Crippen LogP contribution in [-0.4, -0.2) is 13.7 Å². The highest BCUT2D eigenvalue weighted by molar-refractivity contribution is 5.36. The Morgan fingerprint density at radius 2 is 1.79 bits per heavy atom. The molecule has 2 nitrogen and oxygen atoms in total. The maximum absolute atomic E-state index is 13.4. The summed E-state index contributed by atoms with van der Waals surface area (Å²) >= 11 is 0. The van der Waals surface area contributed by atoms with Crippen LogP contribution in [-0.2, 0) is 0 Å². The van der Waals surface area contributed by atoms with E-state index in [1.165, 1.54) is 6.07 Å². The molecule has 0 aromatic heterocycles. The van der Waals surface area contributed by atoms with E-state index in [1.54, 1.807) is 19.2 Å². The highest BCUT2D eigenvalue weighted by Gasteiger charge is 2.14. The summed E-state index contributed by atoms with van der Waals surface area (Å²) in [5.41, 5.74) is 1.97. The quantitative estimate of drug-likeness (QED) is 0.887. The summed E-state index contributed by atoms with van der Waals surface area (Å²) in [6, 6.07) is 14.5. The van der Waals surface area contributed by atoms with Gasteiger partial charge in [-0.2, -0.15) is 0 Å². The molecule has 0 aliphatic carbocycles. The number of rotatable bonds is 5. The summed E-state index contributed by atoms with van der Waals surface area (Å²) in [6.45, 7) is 2.84. The van der Waals surface area contributed by atoms with Crippen LogP contribution in [0.25, 0.3) is 0 Å². The number of ether oxygens (including phenoxy) is 1. The molecule has 2 rings (SSSR count). The maximum atomic E-state index is 13.4. The Hall–Kier alpha value is -1.87. The van der Waals surface area contributed by atoms with Gasteiger partial charge >= 0.3 is 0 Å². The Labute approximate surface area is 113 Å². The summed E-state index contributed by atoms with van der Waals surface area (Å²) in [5.74, 6) is 0.583. The zero-order chi connectivity index (χ0) is 13.7. The van der Waals surface area contributed by atoms with Crippen molar-refractivity contribution >= 4 is 0 Å². The van der Waals surface area contributed by atoms with Crippen LogP contribution in [0.2, 0.25) is 0 Å². The molecule has 0 fully saturated rings. The molecule has 0 amide bonds. The number of nitrogens with one attached hydrogen (secondary N) is 1. The fraction of sp³-hybridized carbons (Fsp3) is 0.250. The molecule has 3 heteroatoms. The van der Waals surface area contributed by atoms with E-state index in [9.17, 15) is 4.39 Å². The van der Waals surface area contributed by atoms with E-state index in [0.717, 1.165) is 23.4 Å². The van der Waals surface area contributed by atoms with Gasteiger partial charge in [0, 0.05) is 0 Å². The lowest BCUT2D eigenvalue weighted by molar-refractivity contribution is 0.413. The second-order valence-electron chi connectivity index (χ2n) is 4.32. The third-order valence-electron chi connectivity index (χ3n) is 3.02. The largest absolute Gasteiger partial charge is 0.497 e. The number of methoxy groups -OCH3 is 1. The van der Waals surface area contributed by atoms with Gasteiger partial charge in [0.1, 0.15) is 11.6 Å². The number of hydrogen-bond acceptors (Lipinski definition) is 2. The predicted octanol–water partition coefficient (Wildman–Crippen LogP) is 3.53. The smallest absolute Gasteiger partial charge is 0.123 e. The Balaban J connectivity index is 2.38. The molecule has 0 spiro atoms. The van der Waals surface area contributed by atoms with Crippen molar-refractivity contribution < 1.29 is 9.13 Å². The molecule has 2 aromatic rings. The minimum absolute atomic E-state index is 0.0317. The van der Waals surface area contributed by atoms with Crippen LogP contribution in [0.15, 0.2) is 48.5 Å². The standard InChI is InChI=1S/C16H18FNO/c1-3-18-16(12-6-4-8-14(17)10-12)13-7-5-9-15(11-13)19-2/h4-11,16,18H,3H2,1-2H3. The first-order valence-corrected chi connectivity index (χ1v) is 6.37. The molecule has 1 atom stereocenters. The Morgan fingerprint density at radius 1 is 1.11 bits per heavy atom. The summed E-state index contributed by atoms with van der Waals surface area (Å²) < 4.78 is 18.6. The third-order valence-corrected chi connectivity index (χ3v) is 3.02. The van der Waals surface area contributed by atoms with Crippen LogP contribution in [0, 0.1) is 5.82 Å². The van der Waals surface area contributed by atoms with Gasteiger partial charge in [0.25, 0.3) is 0 Å². The topological polar surface area (TPSA) is 21.3 Å². The average Bonchev–Trinajstić information content (AvgIpc) is 2.45. The highest BCUT2D eigenvalue weighted by Crippen LogP contribution is 2.25. The fourth-order valence-electron chi connectivity index (χ4n) is 2.14. The summed E-state index contributed by atoms with van der Waals surface area (Å²) in [7, 11) is 1.64. The average molecular weight is 259 g/mol. The van der Waals surface area contributed by atoms with Gasteiger partial charge in [0.05, 0.1) is 13.2 Å². The number of hydrogen-bond donors (Lipinski definition) is 1. The van der Waals surface area contributed by atoms with Crippen LogP contribution in [0.4, 0.5) is 4.39 Å². The molecular weight excluding hydrogens is 241 g/mol. The zero-order valence-corrected chi connectivity index (χ0v) is 11.2. The van der Waals surface area contributed by atoms with Gasteiger partial charge in [-0.05, 0) is 41.9 Å². The Morgan fingerprint density at radius 3 is 2.42 bits per heavy atom. The highest BCUT2D eigenvalue weighted by atomic mass is 19.1. The summed E-state index contributed by atoms with van der Waals surface area (Å²) in [6.07, 6.45) is 0. The molecule has 1 unspecified atom stereocenters. The van der Waals surface area contributed by atoms with Crippen molar-refractivity contribution in [1.29, 1.82) is 0 Å². The first kappa shape index (κ1) is 13.6. The van der Waals surface area contributed by atoms with Gasteiger partial charge in [0.15, 0.2) is 0 Å². The third kappa shape index (κ3) is 3.32. The number of halogens is 1. The molecule has 0 saturated heterocycles.